The molecule has 0 unspecified atom stereocenters. The first-order valence-electron chi connectivity index (χ1n) is 8.33. The molecule has 120 valence electrons. The largest absolute Gasteiger partial charge is 0.379 e. The van der Waals surface area contributed by atoms with Crippen LogP contribution in [0, 0.1) is 5.92 Å². The molecule has 0 aromatic heterocycles. The molecule has 22 heavy (non-hydrogen) atoms. The summed E-state index contributed by atoms with van der Waals surface area (Å²) in [6.45, 7) is 2.09. The average Bonchev–Trinajstić information content (AvgIpc) is 3.21. The molecule has 3 nitrogen and oxygen atoms in total. The molecule has 0 bridgehead atoms. The van der Waals surface area contributed by atoms with Crippen LogP contribution in [0.1, 0.15) is 44.1 Å². The van der Waals surface area contributed by atoms with Crippen LogP contribution in [0.15, 0.2) is 28.7 Å². The van der Waals surface area contributed by atoms with E-state index in [-0.39, 0.29) is 11.3 Å². The third-order valence-electron chi connectivity index (χ3n) is 4.87. The first-order valence-corrected chi connectivity index (χ1v) is 9.12. The number of rotatable bonds is 7. The van der Waals surface area contributed by atoms with Gasteiger partial charge in [0.05, 0.1) is 12.0 Å². The zero-order valence-electron chi connectivity index (χ0n) is 12.9. The van der Waals surface area contributed by atoms with Crippen molar-refractivity contribution in [3.8, 4) is 0 Å². The van der Waals surface area contributed by atoms with E-state index in [9.17, 15) is 4.79 Å². The fourth-order valence-electron chi connectivity index (χ4n) is 3.33. The highest BCUT2D eigenvalue weighted by Crippen LogP contribution is 2.41. The summed E-state index contributed by atoms with van der Waals surface area (Å²) in [7, 11) is 0. The fourth-order valence-corrected chi connectivity index (χ4v) is 3.60. The molecule has 2 fully saturated rings. The lowest BCUT2D eigenvalue weighted by atomic mass is 9.78. The quantitative estimate of drug-likeness (QED) is 0.746. The summed E-state index contributed by atoms with van der Waals surface area (Å²) in [4.78, 5) is 12.8. The summed E-state index contributed by atoms with van der Waals surface area (Å²) < 4.78 is 6.66. The molecular weight excluding hydrogens is 342 g/mol. The number of carbonyl (C=O) groups excluding carboxylic acids is 1. The highest BCUT2D eigenvalue weighted by atomic mass is 79.9. The first kappa shape index (κ1) is 16.0. The maximum Gasteiger partial charge on any atom is 0.230 e. The van der Waals surface area contributed by atoms with Gasteiger partial charge in [-0.15, -0.1) is 0 Å². The third-order valence-corrected chi connectivity index (χ3v) is 5.40. The van der Waals surface area contributed by atoms with Gasteiger partial charge in [0.2, 0.25) is 5.91 Å². The first-order chi connectivity index (χ1) is 10.7. The number of benzene rings is 1. The highest BCUT2D eigenvalue weighted by Gasteiger charge is 2.42. The summed E-state index contributed by atoms with van der Waals surface area (Å²) in [6, 6.07) is 8.22. The van der Waals surface area contributed by atoms with Crippen molar-refractivity contribution in [3.05, 3.63) is 34.3 Å². The monoisotopic (exact) mass is 365 g/mol. The van der Waals surface area contributed by atoms with Crippen LogP contribution in [0.5, 0.6) is 0 Å². The van der Waals surface area contributed by atoms with Crippen LogP contribution in [0.25, 0.3) is 0 Å². The van der Waals surface area contributed by atoms with Crippen LogP contribution in [-0.4, -0.2) is 25.7 Å². The average molecular weight is 366 g/mol. The molecule has 2 saturated carbocycles. The van der Waals surface area contributed by atoms with Crippen LogP contribution >= 0.6 is 15.9 Å². The van der Waals surface area contributed by atoms with Crippen molar-refractivity contribution >= 4 is 21.8 Å². The van der Waals surface area contributed by atoms with Crippen LogP contribution in [-0.2, 0) is 14.9 Å². The number of amides is 1. The number of ether oxygens (including phenoxy) is 1. The minimum absolute atomic E-state index is 0.169. The van der Waals surface area contributed by atoms with Gasteiger partial charge in [0, 0.05) is 17.6 Å². The molecule has 0 atom stereocenters. The van der Waals surface area contributed by atoms with Gasteiger partial charge in [0.15, 0.2) is 0 Å². The van der Waals surface area contributed by atoms with E-state index in [1.807, 2.05) is 12.1 Å². The van der Waals surface area contributed by atoms with Crippen molar-refractivity contribution in [1.82, 2.24) is 5.32 Å². The molecule has 0 aliphatic heterocycles. The van der Waals surface area contributed by atoms with Crippen LogP contribution in [0.3, 0.4) is 0 Å². The molecule has 1 N–H and O–H groups in total. The maximum absolute atomic E-state index is 12.8. The summed E-state index contributed by atoms with van der Waals surface area (Å²) in [5.74, 6) is 0.946. The molecule has 3 rings (SSSR count). The molecule has 1 aromatic rings. The molecular formula is C18H24BrNO2. The predicted molar refractivity (Wildman–Crippen MR) is 90.8 cm³/mol. The zero-order chi connectivity index (χ0) is 15.4. The van der Waals surface area contributed by atoms with Crippen LogP contribution in [0.2, 0.25) is 0 Å². The van der Waals surface area contributed by atoms with E-state index in [2.05, 4.69) is 33.4 Å². The van der Waals surface area contributed by atoms with Crippen molar-refractivity contribution in [2.75, 3.05) is 19.8 Å². The Morgan fingerprint density at radius 2 is 1.91 bits per heavy atom. The molecule has 0 saturated heterocycles. The molecule has 1 amide bonds. The van der Waals surface area contributed by atoms with Gasteiger partial charge in [0.1, 0.15) is 0 Å². The maximum atomic E-state index is 12.8. The second kappa shape index (κ2) is 7.14. The van der Waals surface area contributed by atoms with Gasteiger partial charge in [-0.1, -0.05) is 40.9 Å². The number of hydrogen-bond acceptors (Lipinski definition) is 2. The Bertz CT molecular complexity index is 504. The van der Waals surface area contributed by atoms with Gasteiger partial charge < -0.3 is 10.1 Å². The van der Waals surface area contributed by atoms with Crippen molar-refractivity contribution in [1.29, 1.82) is 0 Å². The highest BCUT2D eigenvalue weighted by molar-refractivity contribution is 9.10. The van der Waals surface area contributed by atoms with Gasteiger partial charge >= 0.3 is 0 Å². The van der Waals surface area contributed by atoms with Crippen LogP contribution in [0.4, 0.5) is 0 Å². The molecule has 2 aliphatic rings. The Balaban J connectivity index is 1.57. The van der Waals surface area contributed by atoms with Crippen molar-refractivity contribution in [2.45, 2.75) is 43.9 Å². The summed E-state index contributed by atoms with van der Waals surface area (Å²) in [5.41, 5.74) is 0.807. The number of halogens is 1. The smallest absolute Gasteiger partial charge is 0.230 e. The lowest BCUT2D eigenvalue weighted by molar-refractivity contribution is -0.126. The standard InChI is InChI=1S/C18H24BrNO2/c19-16-7-5-15(6-8-16)18(9-1-2-10-18)17(21)20-11-12-22-13-14-3-4-14/h5-8,14H,1-4,9-13H2,(H,20,21). The van der Waals surface area contributed by atoms with Gasteiger partial charge in [-0.25, -0.2) is 0 Å². The molecule has 0 spiro atoms. The SMILES string of the molecule is O=C(NCCOCC1CC1)C1(c2ccc(Br)cc2)CCCC1. The third kappa shape index (κ3) is 3.72. The van der Waals surface area contributed by atoms with E-state index < -0.39 is 0 Å². The van der Waals surface area contributed by atoms with E-state index in [4.69, 9.17) is 4.74 Å². The lowest BCUT2D eigenvalue weighted by Crippen LogP contribution is -2.43. The van der Waals surface area contributed by atoms with Gasteiger partial charge in [-0.3, -0.25) is 4.79 Å². The Kier molecular flexibility index (Phi) is 5.19. The zero-order valence-corrected chi connectivity index (χ0v) is 14.5. The van der Waals surface area contributed by atoms with Gasteiger partial charge in [0.25, 0.3) is 0 Å². The predicted octanol–water partition coefficient (Wildman–Crippen LogP) is 3.80. The second-order valence-electron chi connectivity index (χ2n) is 6.57. The molecule has 4 heteroatoms. The van der Waals surface area contributed by atoms with E-state index >= 15 is 0 Å². The van der Waals surface area contributed by atoms with E-state index in [1.165, 1.54) is 12.8 Å². The summed E-state index contributed by atoms with van der Waals surface area (Å²) in [6.07, 6.45) is 6.76. The fraction of sp³-hybridized carbons (Fsp3) is 0.611. The lowest BCUT2D eigenvalue weighted by Gasteiger charge is -2.28. The van der Waals surface area contributed by atoms with Gasteiger partial charge in [-0.2, -0.15) is 0 Å². The summed E-state index contributed by atoms with van der Waals surface area (Å²) in [5, 5.41) is 3.10. The minimum Gasteiger partial charge on any atom is -0.379 e. The molecule has 1 aromatic carbocycles. The van der Waals surface area contributed by atoms with E-state index in [0.29, 0.717) is 13.2 Å². The number of nitrogens with one attached hydrogen (secondary N) is 1. The molecule has 0 heterocycles. The van der Waals surface area contributed by atoms with Gasteiger partial charge in [-0.05, 0) is 49.3 Å². The van der Waals surface area contributed by atoms with Crippen molar-refractivity contribution in [2.24, 2.45) is 5.92 Å². The molecule has 2 aliphatic carbocycles. The molecule has 0 radical (unpaired) electrons. The Morgan fingerprint density at radius 3 is 2.55 bits per heavy atom. The number of hydrogen-bond donors (Lipinski definition) is 1. The normalized spacial score (nSPS) is 20.0. The van der Waals surface area contributed by atoms with Crippen molar-refractivity contribution < 1.29 is 9.53 Å². The topological polar surface area (TPSA) is 38.3 Å². The summed E-state index contributed by atoms with van der Waals surface area (Å²) >= 11 is 3.47. The van der Waals surface area contributed by atoms with E-state index in [1.54, 1.807) is 0 Å². The van der Waals surface area contributed by atoms with Crippen LogP contribution < -0.4 is 5.32 Å². The Morgan fingerprint density at radius 1 is 1.23 bits per heavy atom. The Labute approximate surface area is 140 Å². The second-order valence-corrected chi connectivity index (χ2v) is 7.49. The van der Waals surface area contributed by atoms with Crippen molar-refractivity contribution in [3.63, 3.8) is 0 Å². The minimum atomic E-state index is -0.336. The number of carbonyl (C=O) groups is 1. The Hall–Kier alpha value is -0.870. The van der Waals surface area contributed by atoms with E-state index in [0.717, 1.165) is 48.2 Å².